The van der Waals surface area contributed by atoms with Gasteiger partial charge in [0, 0.05) is 11.5 Å². The molecule has 1 aliphatic rings. The SMILES string of the molecule is COC1=CC=C(Cl)CC=C1C. The second-order valence-corrected chi connectivity index (χ2v) is 2.93. The summed E-state index contributed by atoms with van der Waals surface area (Å²) >= 11 is 5.83. The average molecular weight is 171 g/mol. The largest absolute Gasteiger partial charge is 0.497 e. The minimum absolute atomic E-state index is 0.802. The molecule has 0 bridgehead atoms. The van der Waals surface area contributed by atoms with Gasteiger partial charge in [-0.1, -0.05) is 17.7 Å². The van der Waals surface area contributed by atoms with E-state index in [4.69, 9.17) is 16.3 Å². The normalized spacial score (nSPS) is 17.9. The Balaban J connectivity index is 2.89. The van der Waals surface area contributed by atoms with Crippen molar-refractivity contribution < 1.29 is 4.74 Å². The predicted molar refractivity (Wildman–Crippen MR) is 47.4 cm³/mol. The van der Waals surface area contributed by atoms with Crippen LogP contribution in [0.4, 0.5) is 0 Å². The fourth-order valence-electron chi connectivity index (χ4n) is 0.946. The van der Waals surface area contributed by atoms with E-state index in [1.165, 1.54) is 0 Å². The third kappa shape index (κ3) is 2.12. The van der Waals surface area contributed by atoms with Gasteiger partial charge in [0.15, 0.2) is 0 Å². The molecule has 0 heterocycles. The predicted octanol–water partition coefficient (Wildman–Crippen LogP) is 2.99. The van der Waals surface area contributed by atoms with Crippen LogP contribution in [0, 0.1) is 0 Å². The van der Waals surface area contributed by atoms with Gasteiger partial charge in [0.25, 0.3) is 0 Å². The Bertz CT molecular complexity index is 236. The first-order valence-electron chi connectivity index (χ1n) is 3.51. The van der Waals surface area contributed by atoms with Crippen LogP contribution >= 0.6 is 11.6 Å². The van der Waals surface area contributed by atoms with Crippen LogP contribution in [0.2, 0.25) is 0 Å². The first kappa shape index (κ1) is 8.41. The van der Waals surface area contributed by atoms with Crippen LogP contribution < -0.4 is 0 Å². The molecule has 0 aliphatic heterocycles. The van der Waals surface area contributed by atoms with Gasteiger partial charge in [-0.25, -0.2) is 0 Å². The van der Waals surface area contributed by atoms with Crippen LogP contribution in [-0.4, -0.2) is 7.11 Å². The quantitative estimate of drug-likeness (QED) is 0.588. The van der Waals surface area contributed by atoms with Crippen molar-refractivity contribution in [3.63, 3.8) is 0 Å². The van der Waals surface area contributed by atoms with Crippen molar-refractivity contribution in [1.29, 1.82) is 0 Å². The molecule has 0 saturated heterocycles. The Labute approximate surface area is 72.0 Å². The van der Waals surface area contributed by atoms with Gasteiger partial charge in [-0.15, -0.1) is 0 Å². The van der Waals surface area contributed by atoms with Crippen LogP contribution in [-0.2, 0) is 4.74 Å². The fraction of sp³-hybridized carbons (Fsp3) is 0.333. The number of hydrogen-bond acceptors (Lipinski definition) is 1. The number of allylic oxidation sites excluding steroid dienone is 5. The maximum atomic E-state index is 5.83. The van der Waals surface area contributed by atoms with E-state index in [2.05, 4.69) is 6.08 Å². The van der Waals surface area contributed by atoms with E-state index in [9.17, 15) is 0 Å². The first-order chi connectivity index (χ1) is 5.24. The molecule has 0 aromatic carbocycles. The Morgan fingerprint density at radius 3 is 2.82 bits per heavy atom. The molecule has 0 spiro atoms. The number of ether oxygens (including phenoxy) is 1. The molecule has 0 unspecified atom stereocenters. The summed E-state index contributed by atoms with van der Waals surface area (Å²) in [6.45, 7) is 2.01. The molecule has 0 aromatic rings. The van der Waals surface area contributed by atoms with E-state index in [1.807, 2.05) is 19.1 Å². The topological polar surface area (TPSA) is 9.23 Å². The van der Waals surface area contributed by atoms with Gasteiger partial charge < -0.3 is 4.74 Å². The second kappa shape index (κ2) is 3.63. The van der Waals surface area contributed by atoms with Gasteiger partial charge >= 0.3 is 0 Å². The van der Waals surface area contributed by atoms with Crippen molar-refractivity contribution >= 4 is 11.6 Å². The molecule has 2 heteroatoms. The molecule has 0 radical (unpaired) electrons. The zero-order valence-corrected chi connectivity index (χ0v) is 7.48. The summed E-state index contributed by atoms with van der Waals surface area (Å²) in [4.78, 5) is 0. The van der Waals surface area contributed by atoms with Crippen LogP contribution in [0.3, 0.4) is 0 Å². The minimum atomic E-state index is 0.802. The molecule has 11 heavy (non-hydrogen) atoms. The van der Waals surface area contributed by atoms with Crippen LogP contribution in [0.15, 0.2) is 34.6 Å². The second-order valence-electron chi connectivity index (χ2n) is 2.44. The molecule has 0 fully saturated rings. The monoisotopic (exact) mass is 170 g/mol. The van der Waals surface area contributed by atoms with Gasteiger partial charge in [0.1, 0.15) is 5.76 Å². The van der Waals surface area contributed by atoms with Gasteiger partial charge in [0.2, 0.25) is 0 Å². The molecule has 1 nitrogen and oxygen atoms in total. The summed E-state index contributed by atoms with van der Waals surface area (Å²) < 4.78 is 5.12. The number of methoxy groups -OCH3 is 1. The lowest BCUT2D eigenvalue weighted by atomic mass is 10.2. The molecule has 0 atom stereocenters. The van der Waals surface area contributed by atoms with Crippen LogP contribution in [0.1, 0.15) is 13.3 Å². The lowest BCUT2D eigenvalue weighted by Crippen LogP contribution is -1.86. The highest BCUT2D eigenvalue weighted by atomic mass is 35.5. The summed E-state index contributed by atoms with van der Waals surface area (Å²) in [6, 6.07) is 0. The van der Waals surface area contributed by atoms with Crippen molar-refractivity contribution in [1.82, 2.24) is 0 Å². The number of hydrogen-bond donors (Lipinski definition) is 0. The molecular formula is C9H11ClO. The Kier molecular flexibility index (Phi) is 2.77. The van der Waals surface area contributed by atoms with Gasteiger partial charge in [-0.2, -0.15) is 0 Å². The number of rotatable bonds is 1. The summed E-state index contributed by atoms with van der Waals surface area (Å²) in [5.41, 5.74) is 1.14. The maximum Gasteiger partial charge on any atom is 0.121 e. The highest BCUT2D eigenvalue weighted by molar-refractivity contribution is 6.29. The third-order valence-electron chi connectivity index (χ3n) is 1.63. The zero-order valence-electron chi connectivity index (χ0n) is 6.73. The summed E-state index contributed by atoms with van der Waals surface area (Å²) in [5.74, 6) is 0.889. The van der Waals surface area contributed by atoms with E-state index in [0.29, 0.717) is 0 Å². The third-order valence-corrected chi connectivity index (χ3v) is 1.91. The standard InChI is InChI=1S/C9H11ClO/c1-7-3-4-8(10)5-6-9(7)11-2/h3,5-6H,4H2,1-2H3. The van der Waals surface area contributed by atoms with Crippen LogP contribution in [0.25, 0.3) is 0 Å². The molecule has 0 aromatic heterocycles. The average Bonchev–Trinajstić information content (AvgIpc) is 2.15. The van der Waals surface area contributed by atoms with E-state index in [-0.39, 0.29) is 0 Å². The molecule has 0 saturated carbocycles. The molecule has 1 aliphatic carbocycles. The lowest BCUT2D eigenvalue weighted by Gasteiger charge is -2.02. The van der Waals surface area contributed by atoms with Crippen molar-refractivity contribution in [2.24, 2.45) is 0 Å². The van der Waals surface area contributed by atoms with E-state index in [1.54, 1.807) is 7.11 Å². The van der Waals surface area contributed by atoms with Crippen molar-refractivity contribution in [3.8, 4) is 0 Å². The highest BCUT2D eigenvalue weighted by Crippen LogP contribution is 2.19. The van der Waals surface area contributed by atoms with Crippen molar-refractivity contribution in [2.45, 2.75) is 13.3 Å². The van der Waals surface area contributed by atoms with E-state index >= 15 is 0 Å². The van der Waals surface area contributed by atoms with Crippen molar-refractivity contribution in [2.75, 3.05) is 7.11 Å². The van der Waals surface area contributed by atoms with Gasteiger partial charge in [-0.3, -0.25) is 0 Å². The number of halogens is 1. The fourth-order valence-corrected chi connectivity index (χ4v) is 1.09. The minimum Gasteiger partial charge on any atom is -0.497 e. The smallest absolute Gasteiger partial charge is 0.121 e. The summed E-state index contributed by atoms with van der Waals surface area (Å²) in [6.07, 6.45) is 6.62. The van der Waals surface area contributed by atoms with Gasteiger partial charge in [-0.05, 0) is 24.6 Å². The molecule has 0 amide bonds. The zero-order chi connectivity index (χ0) is 8.27. The van der Waals surface area contributed by atoms with E-state index in [0.717, 1.165) is 22.8 Å². The van der Waals surface area contributed by atoms with Crippen LogP contribution in [0.5, 0.6) is 0 Å². The molecule has 1 rings (SSSR count). The first-order valence-corrected chi connectivity index (χ1v) is 3.89. The Morgan fingerprint density at radius 1 is 1.45 bits per heavy atom. The Morgan fingerprint density at radius 2 is 2.18 bits per heavy atom. The van der Waals surface area contributed by atoms with Gasteiger partial charge in [0.05, 0.1) is 7.11 Å². The lowest BCUT2D eigenvalue weighted by molar-refractivity contribution is 0.301. The maximum absolute atomic E-state index is 5.83. The van der Waals surface area contributed by atoms with Crippen molar-refractivity contribution in [3.05, 3.63) is 34.6 Å². The summed E-state index contributed by atoms with van der Waals surface area (Å²) in [5, 5.41) is 0.844. The Hall–Kier alpha value is -0.690. The molecular weight excluding hydrogens is 160 g/mol. The van der Waals surface area contributed by atoms with E-state index < -0.39 is 0 Å². The molecule has 60 valence electrons. The summed E-state index contributed by atoms with van der Waals surface area (Å²) in [7, 11) is 1.66. The molecule has 0 N–H and O–H groups in total. The highest BCUT2D eigenvalue weighted by Gasteiger charge is 2.01.